The zero-order valence-electron chi connectivity index (χ0n) is 15.4. The van der Waals surface area contributed by atoms with E-state index >= 15 is 0 Å². The molecule has 1 saturated heterocycles. The van der Waals surface area contributed by atoms with Gasteiger partial charge >= 0.3 is 0 Å². The van der Waals surface area contributed by atoms with Gasteiger partial charge in [-0.25, -0.2) is 0 Å². The number of nitrogens with one attached hydrogen (secondary N) is 2. The summed E-state index contributed by atoms with van der Waals surface area (Å²) in [7, 11) is 0. The molecule has 6 nitrogen and oxygen atoms in total. The third kappa shape index (κ3) is 5.46. The number of amides is 2. The van der Waals surface area contributed by atoms with E-state index in [2.05, 4.69) is 29.4 Å². The highest BCUT2D eigenvalue weighted by Gasteiger charge is 2.24. The second-order valence-corrected chi connectivity index (χ2v) is 6.33. The molecule has 1 aliphatic heterocycles. The predicted molar refractivity (Wildman–Crippen MR) is 99.8 cm³/mol. The Hall–Kier alpha value is -2.08. The maximum atomic E-state index is 12.3. The first-order chi connectivity index (χ1) is 12.0. The molecular formula is C19H29N3O3. The second kappa shape index (κ2) is 9.42. The van der Waals surface area contributed by atoms with Crippen LogP contribution in [0.2, 0.25) is 0 Å². The minimum absolute atomic E-state index is 0.0580. The molecule has 6 heteroatoms. The van der Waals surface area contributed by atoms with E-state index in [1.165, 1.54) is 0 Å². The van der Waals surface area contributed by atoms with Gasteiger partial charge in [0.05, 0.1) is 0 Å². The Bertz CT molecular complexity index is 564. The van der Waals surface area contributed by atoms with Crippen LogP contribution >= 0.6 is 0 Å². The average molecular weight is 347 g/mol. The van der Waals surface area contributed by atoms with E-state index in [1.54, 1.807) is 6.92 Å². The van der Waals surface area contributed by atoms with Crippen molar-refractivity contribution in [2.24, 2.45) is 5.92 Å². The van der Waals surface area contributed by atoms with Crippen molar-refractivity contribution in [2.75, 3.05) is 36.5 Å². The number of hydrogen-bond acceptors (Lipinski definition) is 4. The summed E-state index contributed by atoms with van der Waals surface area (Å²) in [6.07, 6.45) is 1.43. The fourth-order valence-electron chi connectivity index (χ4n) is 2.95. The van der Waals surface area contributed by atoms with Crippen molar-refractivity contribution in [1.29, 1.82) is 0 Å². The van der Waals surface area contributed by atoms with Crippen LogP contribution in [0.1, 0.15) is 33.6 Å². The fraction of sp³-hybridized carbons (Fsp3) is 0.579. The number of anilines is 2. The molecule has 2 rings (SSSR count). The Balaban J connectivity index is 1.86. The summed E-state index contributed by atoms with van der Waals surface area (Å²) in [4.78, 5) is 26.7. The van der Waals surface area contributed by atoms with Crippen LogP contribution in [0.15, 0.2) is 24.3 Å². The molecule has 0 spiro atoms. The van der Waals surface area contributed by atoms with Crippen molar-refractivity contribution in [3.8, 4) is 0 Å². The number of rotatable bonds is 7. The van der Waals surface area contributed by atoms with Crippen molar-refractivity contribution in [3.63, 3.8) is 0 Å². The van der Waals surface area contributed by atoms with E-state index in [0.717, 1.165) is 24.5 Å². The van der Waals surface area contributed by atoms with Gasteiger partial charge in [-0.1, -0.05) is 0 Å². The van der Waals surface area contributed by atoms with Crippen LogP contribution in [-0.4, -0.2) is 44.2 Å². The van der Waals surface area contributed by atoms with Crippen molar-refractivity contribution < 1.29 is 14.3 Å². The van der Waals surface area contributed by atoms with E-state index in [-0.39, 0.29) is 17.7 Å². The molecule has 0 aromatic heterocycles. The standard InChI is InChI=1S/C19H29N3O3/c1-4-22(5-2)17-8-6-16(7-9-17)21-18(23)14(3)20-19(24)15-10-12-25-13-11-15/h6-9,14-15H,4-5,10-13H2,1-3H3,(H,20,24)(H,21,23). The summed E-state index contributed by atoms with van der Waals surface area (Å²) in [6.45, 7) is 9.03. The first-order valence-electron chi connectivity index (χ1n) is 9.09. The topological polar surface area (TPSA) is 70.7 Å². The summed E-state index contributed by atoms with van der Waals surface area (Å²) in [5.41, 5.74) is 1.86. The highest BCUT2D eigenvalue weighted by atomic mass is 16.5. The lowest BCUT2D eigenvalue weighted by atomic mass is 9.99. The van der Waals surface area contributed by atoms with Gasteiger partial charge in [0.2, 0.25) is 11.8 Å². The molecule has 1 unspecified atom stereocenters. The fourth-order valence-corrected chi connectivity index (χ4v) is 2.95. The molecule has 25 heavy (non-hydrogen) atoms. The quantitative estimate of drug-likeness (QED) is 0.795. The van der Waals surface area contributed by atoms with E-state index < -0.39 is 6.04 Å². The first-order valence-corrected chi connectivity index (χ1v) is 9.09. The Labute approximate surface area is 149 Å². The smallest absolute Gasteiger partial charge is 0.246 e. The zero-order valence-corrected chi connectivity index (χ0v) is 15.4. The normalized spacial score (nSPS) is 16.1. The Morgan fingerprint density at radius 1 is 1.16 bits per heavy atom. The molecule has 1 atom stereocenters. The highest BCUT2D eigenvalue weighted by Crippen LogP contribution is 2.18. The zero-order chi connectivity index (χ0) is 18.2. The molecule has 0 bridgehead atoms. The Morgan fingerprint density at radius 2 is 1.76 bits per heavy atom. The maximum absolute atomic E-state index is 12.3. The van der Waals surface area contributed by atoms with Crippen LogP contribution in [0.3, 0.4) is 0 Å². The van der Waals surface area contributed by atoms with Gasteiger partial charge in [-0.3, -0.25) is 9.59 Å². The van der Waals surface area contributed by atoms with Gasteiger partial charge in [0.25, 0.3) is 0 Å². The molecule has 0 radical (unpaired) electrons. The number of benzene rings is 1. The second-order valence-electron chi connectivity index (χ2n) is 6.33. The van der Waals surface area contributed by atoms with Gasteiger partial charge in [0, 0.05) is 43.6 Å². The third-order valence-electron chi connectivity index (χ3n) is 4.61. The highest BCUT2D eigenvalue weighted by molar-refractivity contribution is 5.97. The van der Waals surface area contributed by atoms with E-state index in [1.807, 2.05) is 24.3 Å². The van der Waals surface area contributed by atoms with E-state index in [0.29, 0.717) is 26.1 Å². The van der Waals surface area contributed by atoms with E-state index in [4.69, 9.17) is 4.74 Å². The molecule has 0 aliphatic carbocycles. The van der Waals surface area contributed by atoms with Crippen molar-refractivity contribution in [3.05, 3.63) is 24.3 Å². The monoisotopic (exact) mass is 347 g/mol. The van der Waals surface area contributed by atoms with Crippen LogP contribution in [0, 0.1) is 5.92 Å². The maximum Gasteiger partial charge on any atom is 0.246 e. The van der Waals surface area contributed by atoms with Gasteiger partial charge in [0.15, 0.2) is 0 Å². The molecule has 1 aromatic rings. The van der Waals surface area contributed by atoms with Crippen LogP contribution in [0.4, 0.5) is 11.4 Å². The molecule has 0 saturated carbocycles. The van der Waals surface area contributed by atoms with Gasteiger partial charge in [-0.05, 0) is 57.9 Å². The summed E-state index contributed by atoms with van der Waals surface area (Å²) in [5.74, 6) is -0.337. The minimum Gasteiger partial charge on any atom is -0.381 e. The Morgan fingerprint density at radius 3 is 2.32 bits per heavy atom. The molecule has 138 valence electrons. The Kier molecular flexibility index (Phi) is 7.25. The number of ether oxygens (including phenoxy) is 1. The van der Waals surface area contributed by atoms with Gasteiger partial charge in [0.1, 0.15) is 6.04 Å². The molecule has 2 N–H and O–H groups in total. The molecule has 1 fully saturated rings. The minimum atomic E-state index is -0.571. The molecule has 1 aliphatic rings. The van der Waals surface area contributed by atoms with Gasteiger partial charge in [-0.15, -0.1) is 0 Å². The van der Waals surface area contributed by atoms with Gasteiger partial charge in [-0.2, -0.15) is 0 Å². The van der Waals surface area contributed by atoms with Crippen LogP contribution in [-0.2, 0) is 14.3 Å². The van der Waals surface area contributed by atoms with Crippen molar-refractivity contribution >= 4 is 23.2 Å². The van der Waals surface area contributed by atoms with Crippen LogP contribution < -0.4 is 15.5 Å². The molecular weight excluding hydrogens is 318 g/mol. The third-order valence-corrected chi connectivity index (χ3v) is 4.61. The summed E-state index contributed by atoms with van der Waals surface area (Å²) in [5, 5.41) is 5.66. The molecule has 1 heterocycles. The van der Waals surface area contributed by atoms with Crippen molar-refractivity contribution in [1.82, 2.24) is 5.32 Å². The lowest BCUT2D eigenvalue weighted by molar-refractivity contribution is -0.131. The lowest BCUT2D eigenvalue weighted by Gasteiger charge is -2.23. The largest absolute Gasteiger partial charge is 0.381 e. The average Bonchev–Trinajstić information content (AvgIpc) is 2.64. The van der Waals surface area contributed by atoms with E-state index in [9.17, 15) is 9.59 Å². The molecule has 1 aromatic carbocycles. The first kappa shape index (κ1) is 19.2. The number of nitrogens with zero attached hydrogens (tertiary/aromatic N) is 1. The predicted octanol–water partition coefficient (Wildman–Crippen LogP) is 2.40. The van der Waals surface area contributed by atoms with Crippen molar-refractivity contribution in [2.45, 2.75) is 39.7 Å². The van der Waals surface area contributed by atoms with Gasteiger partial charge < -0.3 is 20.3 Å². The number of carbonyl (C=O) groups excluding carboxylic acids is 2. The van der Waals surface area contributed by atoms with Crippen LogP contribution in [0.5, 0.6) is 0 Å². The van der Waals surface area contributed by atoms with Crippen LogP contribution in [0.25, 0.3) is 0 Å². The molecule has 2 amide bonds. The lowest BCUT2D eigenvalue weighted by Crippen LogP contribution is -2.45. The summed E-state index contributed by atoms with van der Waals surface area (Å²) >= 11 is 0. The number of hydrogen-bond donors (Lipinski definition) is 2. The number of carbonyl (C=O) groups is 2. The summed E-state index contributed by atoms with van der Waals surface area (Å²) in [6, 6.07) is 7.19. The SMILES string of the molecule is CCN(CC)c1ccc(NC(=O)C(C)NC(=O)C2CCOCC2)cc1. The summed E-state index contributed by atoms with van der Waals surface area (Å²) < 4.78 is 5.26.